The van der Waals surface area contributed by atoms with Crippen LogP contribution < -0.4 is 24.8 Å². The number of hydrogen-bond donors (Lipinski definition) is 2. The van der Waals surface area contributed by atoms with Crippen LogP contribution in [-0.4, -0.2) is 18.9 Å². The predicted molar refractivity (Wildman–Crippen MR) is 106 cm³/mol. The minimum atomic E-state index is -0.208. The fourth-order valence-corrected chi connectivity index (χ4v) is 3.54. The van der Waals surface area contributed by atoms with Crippen molar-refractivity contribution in [2.24, 2.45) is 0 Å². The molecule has 0 aromatic heterocycles. The molecule has 2 aromatic carbocycles. The maximum absolute atomic E-state index is 12.1. The highest BCUT2D eigenvalue weighted by molar-refractivity contribution is 5.73. The molecule has 2 amide bonds. The van der Waals surface area contributed by atoms with Gasteiger partial charge in [-0.1, -0.05) is 24.6 Å². The minimum absolute atomic E-state index is 0.208. The molecule has 0 bridgehead atoms. The van der Waals surface area contributed by atoms with Gasteiger partial charge in [0.25, 0.3) is 0 Å². The summed E-state index contributed by atoms with van der Waals surface area (Å²) in [6, 6.07) is 13.4. The molecule has 1 aliphatic heterocycles. The van der Waals surface area contributed by atoms with Crippen LogP contribution in [0.15, 0.2) is 42.5 Å². The van der Waals surface area contributed by atoms with Crippen LogP contribution >= 0.6 is 0 Å². The third kappa shape index (κ3) is 4.88. The molecule has 28 heavy (non-hydrogen) atoms. The molecule has 1 heterocycles. The Balaban J connectivity index is 1.20. The zero-order valence-electron chi connectivity index (χ0n) is 15.9. The molecule has 2 aliphatic rings. The lowest BCUT2D eigenvalue weighted by molar-refractivity contribution is 0.155. The smallest absolute Gasteiger partial charge is 0.315 e. The van der Waals surface area contributed by atoms with E-state index in [4.69, 9.17) is 14.2 Å². The van der Waals surface area contributed by atoms with Gasteiger partial charge in [0, 0.05) is 13.1 Å². The quantitative estimate of drug-likeness (QED) is 0.788. The standard InChI is InChI=1S/C22H26N2O4/c25-22(24-14-17-8-11-20-21(12-17)27-15-26-20)23-13-16-6-9-19(10-7-16)28-18-4-2-1-3-5-18/h6-12,18H,1-5,13-15H2,(H2,23,24,25). The molecule has 2 N–H and O–H groups in total. The average Bonchev–Trinajstić information content (AvgIpc) is 3.20. The lowest BCUT2D eigenvalue weighted by atomic mass is 9.98. The highest BCUT2D eigenvalue weighted by atomic mass is 16.7. The van der Waals surface area contributed by atoms with Crippen LogP contribution in [-0.2, 0) is 13.1 Å². The molecular formula is C22H26N2O4. The number of amides is 2. The molecule has 0 radical (unpaired) electrons. The summed E-state index contributed by atoms with van der Waals surface area (Å²) in [4.78, 5) is 12.1. The molecule has 2 aromatic rings. The van der Waals surface area contributed by atoms with Crippen LogP contribution in [0.25, 0.3) is 0 Å². The molecule has 4 rings (SSSR count). The maximum atomic E-state index is 12.1. The van der Waals surface area contributed by atoms with Crippen molar-refractivity contribution in [2.45, 2.75) is 51.3 Å². The maximum Gasteiger partial charge on any atom is 0.315 e. The summed E-state index contributed by atoms with van der Waals surface area (Å²) in [5.41, 5.74) is 2.00. The van der Waals surface area contributed by atoms with Crippen molar-refractivity contribution < 1.29 is 19.0 Å². The Morgan fingerprint density at radius 3 is 2.36 bits per heavy atom. The Kier molecular flexibility index (Phi) is 5.85. The van der Waals surface area contributed by atoms with Crippen molar-refractivity contribution in [3.63, 3.8) is 0 Å². The first-order valence-electron chi connectivity index (χ1n) is 9.92. The van der Waals surface area contributed by atoms with E-state index >= 15 is 0 Å². The fraction of sp³-hybridized carbons (Fsp3) is 0.409. The fourth-order valence-electron chi connectivity index (χ4n) is 3.54. The van der Waals surface area contributed by atoms with Crippen LogP contribution in [0.2, 0.25) is 0 Å². The first-order chi connectivity index (χ1) is 13.8. The second-order valence-corrected chi connectivity index (χ2v) is 7.25. The summed E-state index contributed by atoms with van der Waals surface area (Å²) in [6.07, 6.45) is 6.47. The van der Waals surface area contributed by atoms with Gasteiger partial charge in [0.15, 0.2) is 11.5 Å². The Labute approximate surface area is 165 Å². The van der Waals surface area contributed by atoms with Crippen molar-refractivity contribution in [3.05, 3.63) is 53.6 Å². The van der Waals surface area contributed by atoms with E-state index in [1.807, 2.05) is 42.5 Å². The van der Waals surface area contributed by atoms with Gasteiger partial charge in [-0.25, -0.2) is 4.79 Å². The van der Waals surface area contributed by atoms with E-state index in [0.717, 1.165) is 41.2 Å². The molecule has 0 saturated heterocycles. The van der Waals surface area contributed by atoms with E-state index in [1.54, 1.807) is 0 Å². The second-order valence-electron chi connectivity index (χ2n) is 7.25. The van der Waals surface area contributed by atoms with Crippen molar-refractivity contribution >= 4 is 6.03 Å². The highest BCUT2D eigenvalue weighted by Crippen LogP contribution is 2.32. The summed E-state index contributed by atoms with van der Waals surface area (Å²) >= 11 is 0. The van der Waals surface area contributed by atoms with Gasteiger partial charge in [-0.2, -0.15) is 0 Å². The molecule has 6 heteroatoms. The average molecular weight is 382 g/mol. The summed E-state index contributed by atoms with van der Waals surface area (Å²) in [5.74, 6) is 2.36. The van der Waals surface area contributed by atoms with Gasteiger partial charge >= 0.3 is 6.03 Å². The minimum Gasteiger partial charge on any atom is -0.490 e. The van der Waals surface area contributed by atoms with E-state index < -0.39 is 0 Å². The van der Waals surface area contributed by atoms with Crippen molar-refractivity contribution in [3.8, 4) is 17.2 Å². The number of fused-ring (bicyclic) bond motifs is 1. The number of carbonyl (C=O) groups is 1. The monoisotopic (exact) mass is 382 g/mol. The number of benzene rings is 2. The zero-order valence-corrected chi connectivity index (χ0v) is 15.9. The number of carbonyl (C=O) groups excluding carboxylic acids is 1. The van der Waals surface area contributed by atoms with Crippen LogP contribution in [0.5, 0.6) is 17.2 Å². The Hall–Kier alpha value is -2.89. The van der Waals surface area contributed by atoms with Crippen molar-refractivity contribution in [2.75, 3.05) is 6.79 Å². The molecule has 1 saturated carbocycles. The Bertz CT molecular complexity index is 801. The Morgan fingerprint density at radius 1 is 0.893 bits per heavy atom. The predicted octanol–water partition coefficient (Wildman–Crippen LogP) is 4.13. The van der Waals surface area contributed by atoms with Crippen LogP contribution in [0.1, 0.15) is 43.2 Å². The third-order valence-electron chi connectivity index (χ3n) is 5.12. The van der Waals surface area contributed by atoms with E-state index in [0.29, 0.717) is 19.2 Å². The van der Waals surface area contributed by atoms with E-state index in [2.05, 4.69) is 10.6 Å². The molecule has 0 spiro atoms. The van der Waals surface area contributed by atoms with Crippen molar-refractivity contribution in [1.82, 2.24) is 10.6 Å². The van der Waals surface area contributed by atoms with Gasteiger partial charge in [0.1, 0.15) is 5.75 Å². The lowest BCUT2D eigenvalue weighted by Gasteiger charge is -2.23. The molecule has 0 atom stereocenters. The summed E-state index contributed by atoms with van der Waals surface area (Å²) in [7, 11) is 0. The number of rotatable bonds is 6. The van der Waals surface area contributed by atoms with Gasteiger partial charge in [-0.3, -0.25) is 0 Å². The van der Waals surface area contributed by atoms with Gasteiger partial charge in [-0.05, 0) is 61.1 Å². The molecule has 1 aliphatic carbocycles. The van der Waals surface area contributed by atoms with E-state index in [9.17, 15) is 4.79 Å². The van der Waals surface area contributed by atoms with Crippen LogP contribution in [0.4, 0.5) is 4.79 Å². The SMILES string of the molecule is O=C(NCc1ccc(OC2CCCCC2)cc1)NCc1ccc2c(c1)OCO2. The lowest BCUT2D eigenvalue weighted by Crippen LogP contribution is -2.34. The van der Waals surface area contributed by atoms with Gasteiger partial charge < -0.3 is 24.8 Å². The van der Waals surface area contributed by atoms with Gasteiger partial charge in [-0.15, -0.1) is 0 Å². The summed E-state index contributed by atoms with van der Waals surface area (Å²) in [5, 5.41) is 5.73. The largest absolute Gasteiger partial charge is 0.490 e. The van der Waals surface area contributed by atoms with Crippen LogP contribution in [0, 0.1) is 0 Å². The number of ether oxygens (including phenoxy) is 3. The summed E-state index contributed by atoms with van der Waals surface area (Å²) in [6.45, 7) is 1.14. The number of hydrogen-bond acceptors (Lipinski definition) is 4. The second kappa shape index (κ2) is 8.87. The number of nitrogens with one attached hydrogen (secondary N) is 2. The molecule has 1 fully saturated rings. The Morgan fingerprint density at radius 2 is 1.57 bits per heavy atom. The first-order valence-corrected chi connectivity index (χ1v) is 9.92. The first kappa shape index (κ1) is 18.5. The van der Waals surface area contributed by atoms with E-state index in [-0.39, 0.29) is 12.8 Å². The normalized spacial score (nSPS) is 15.9. The molecule has 148 valence electrons. The molecule has 0 unspecified atom stereocenters. The number of urea groups is 1. The zero-order chi connectivity index (χ0) is 19.2. The summed E-state index contributed by atoms with van der Waals surface area (Å²) < 4.78 is 16.7. The third-order valence-corrected chi connectivity index (χ3v) is 5.12. The van der Waals surface area contributed by atoms with Gasteiger partial charge in [0.05, 0.1) is 6.10 Å². The highest BCUT2D eigenvalue weighted by Gasteiger charge is 2.15. The van der Waals surface area contributed by atoms with E-state index in [1.165, 1.54) is 19.3 Å². The van der Waals surface area contributed by atoms with Crippen molar-refractivity contribution in [1.29, 1.82) is 0 Å². The van der Waals surface area contributed by atoms with Gasteiger partial charge in [0.2, 0.25) is 6.79 Å². The topological polar surface area (TPSA) is 68.8 Å². The molecule has 6 nitrogen and oxygen atoms in total. The molecular weight excluding hydrogens is 356 g/mol. The van der Waals surface area contributed by atoms with Crippen LogP contribution in [0.3, 0.4) is 0 Å².